The Morgan fingerprint density at radius 3 is 2.74 bits per heavy atom. The van der Waals surface area contributed by atoms with Crippen molar-refractivity contribution in [2.45, 2.75) is 43.7 Å². The Morgan fingerprint density at radius 2 is 1.91 bits per heavy atom. The van der Waals surface area contributed by atoms with Gasteiger partial charge in [0.05, 0.1) is 28.0 Å². The number of aliphatic hydroxyl groups is 1. The third kappa shape index (κ3) is 4.70. The van der Waals surface area contributed by atoms with Crippen molar-refractivity contribution in [1.82, 2.24) is 39.7 Å². The highest BCUT2D eigenvalue weighted by Crippen LogP contribution is 2.44. The van der Waals surface area contributed by atoms with Crippen LogP contribution in [0, 0.1) is 6.92 Å². The fourth-order valence-electron chi connectivity index (χ4n) is 5.65. The Morgan fingerprint density at radius 1 is 1.02 bits per heavy atom. The predicted octanol–water partition coefficient (Wildman–Crippen LogP) is 3.76. The molecule has 1 unspecified atom stereocenters. The Labute approximate surface area is 252 Å². The number of rotatable bonds is 5. The minimum absolute atomic E-state index is 0.0692. The zero-order valence-electron chi connectivity index (χ0n) is 22.5. The van der Waals surface area contributed by atoms with Gasteiger partial charge in [-0.2, -0.15) is 0 Å². The van der Waals surface area contributed by atoms with E-state index in [0.29, 0.717) is 17.2 Å². The number of aromatic hydroxyl groups is 1. The first-order valence-corrected chi connectivity index (χ1v) is 15.2. The van der Waals surface area contributed by atoms with Gasteiger partial charge in [0.25, 0.3) is 5.19 Å². The van der Waals surface area contributed by atoms with Gasteiger partial charge >= 0.3 is 0 Å². The Kier molecular flexibility index (Phi) is 6.50. The summed E-state index contributed by atoms with van der Waals surface area (Å²) in [7, 11) is 0. The molecule has 2 aliphatic rings. The van der Waals surface area contributed by atoms with E-state index in [1.54, 1.807) is 33.9 Å². The molecule has 8 rings (SSSR count). The van der Waals surface area contributed by atoms with Crippen LogP contribution in [-0.2, 0) is 14.2 Å². The number of hydrogen-bond acceptors (Lipinski definition) is 13. The summed E-state index contributed by atoms with van der Waals surface area (Å²) in [5.74, 6) is 0.423. The maximum absolute atomic E-state index is 12.0. The molecule has 15 heteroatoms. The number of hydrogen-bond donors (Lipinski definition) is 2. The lowest BCUT2D eigenvalue weighted by atomic mass is 9.91. The Hall–Kier alpha value is -4.12. The summed E-state index contributed by atoms with van der Waals surface area (Å²) in [6.45, 7) is 2.19. The first kappa shape index (κ1) is 26.5. The molecule has 0 radical (unpaired) electrons. The van der Waals surface area contributed by atoms with Crippen LogP contribution in [0.5, 0.6) is 5.19 Å². The van der Waals surface area contributed by atoms with Gasteiger partial charge in [-0.05, 0) is 25.1 Å². The molecule has 13 nitrogen and oxygen atoms in total. The molecular formula is C28H24N8O5S2. The molecule has 4 aromatic heterocycles. The molecule has 6 heterocycles. The van der Waals surface area contributed by atoms with E-state index in [-0.39, 0.29) is 11.8 Å². The zero-order valence-corrected chi connectivity index (χ0v) is 24.2. The van der Waals surface area contributed by atoms with Gasteiger partial charge in [-0.25, -0.2) is 14.6 Å². The highest BCUT2D eigenvalue weighted by Gasteiger charge is 2.52. The lowest BCUT2D eigenvalue weighted by Crippen LogP contribution is -2.57. The number of nitrogens with zero attached hydrogens (tertiary/aromatic N) is 8. The first-order valence-electron chi connectivity index (χ1n) is 13.5. The van der Waals surface area contributed by atoms with E-state index in [9.17, 15) is 10.2 Å². The van der Waals surface area contributed by atoms with E-state index in [2.05, 4.69) is 30.5 Å². The van der Waals surface area contributed by atoms with Gasteiger partial charge in [-0.1, -0.05) is 46.9 Å². The fourth-order valence-corrected chi connectivity index (χ4v) is 7.05. The van der Waals surface area contributed by atoms with E-state index in [0.717, 1.165) is 37.8 Å². The standard InChI is InChI=1S/C28H24N8O5S2/c1-14-30-17-8-7-16(9-21(17)43-14)35-13-29-33-26(35)25-23(37)22(36-10-18(32-34-36)19-12-42-28(38)31-19)24-20(40-25)11-39-27(41-24)15-5-3-2-4-6-15/h2-10,12-13,20,22-25,27,37H,11H2,1H3,(H,31,38)/t20-,22-,23-,24+,25-,27?/m1/s1. The van der Waals surface area contributed by atoms with Gasteiger partial charge in [0, 0.05) is 16.6 Å². The minimum Gasteiger partial charge on any atom is -0.486 e. The van der Waals surface area contributed by atoms with Crippen molar-refractivity contribution in [2.24, 2.45) is 0 Å². The van der Waals surface area contributed by atoms with Gasteiger partial charge in [0.15, 0.2) is 12.1 Å². The molecule has 0 amide bonds. The molecule has 6 atom stereocenters. The molecule has 0 spiro atoms. The average Bonchev–Trinajstić information content (AvgIpc) is 3.83. The number of benzene rings is 2. The van der Waals surface area contributed by atoms with E-state index >= 15 is 0 Å². The third-order valence-corrected chi connectivity index (χ3v) is 9.18. The van der Waals surface area contributed by atoms with E-state index in [4.69, 9.17) is 14.2 Å². The lowest BCUT2D eigenvalue weighted by Gasteiger charge is -2.47. The minimum atomic E-state index is -1.16. The first-order chi connectivity index (χ1) is 21.0. The second kappa shape index (κ2) is 10.6. The molecule has 2 saturated heterocycles. The topological polar surface area (TPSA) is 155 Å². The average molecular weight is 617 g/mol. The molecule has 2 N–H and O–H groups in total. The monoisotopic (exact) mass is 616 g/mol. The van der Waals surface area contributed by atoms with E-state index in [1.165, 1.54) is 0 Å². The summed E-state index contributed by atoms with van der Waals surface area (Å²) >= 11 is 2.70. The summed E-state index contributed by atoms with van der Waals surface area (Å²) in [6, 6.07) is 14.8. The molecule has 43 heavy (non-hydrogen) atoms. The molecule has 0 bridgehead atoms. The van der Waals surface area contributed by atoms with Crippen LogP contribution in [0.2, 0.25) is 0 Å². The van der Waals surface area contributed by atoms with Gasteiger partial charge in [0.2, 0.25) is 0 Å². The zero-order chi connectivity index (χ0) is 29.1. The largest absolute Gasteiger partial charge is 0.486 e. The summed E-state index contributed by atoms with van der Waals surface area (Å²) < 4.78 is 23.5. The Balaban J connectivity index is 1.17. The predicted molar refractivity (Wildman–Crippen MR) is 155 cm³/mol. The normalized spacial score (nSPS) is 25.6. The molecule has 2 aliphatic heterocycles. The number of aliphatic hydroxyl groups excluding tert-OH is 1. The molecule has 2 fully saturated rings. The highest BCUT2D eigenvalue weighted by molar-refractivity contribution is 7.18. The van der Waals surface area contributed by atoms with Gasteiger partial charge < -0.3 is 24.4 Å². The molecular weight excluding hydrogens is 592 g/mol. The fraction of sp³-hybridized carbons (Fsp3) is 0.286. The molecule has 2 aromatic carbocycles. The Bertz CT molecular complexity index is 1910. The number of ether oxygens (including phenoxy) is 3. The summed E-state index contributed by atoms with van der Waals surface area (Å²) in [5, 5.41) is 41.6. The second-order valence-corrected chi connectivity index (χ2v) is 12.4. The maximum Gasteiger partial charge on any atom is 0.271 e. The highest BCUT2D eigenvalue weighted by atomic mass is 32.1. The molecule has 218 valence electrons. The van der Waals surface area contributed by atoms with Crippen LogP contribution in [0.3, 0.4) is 0 Å². The van der Waals surface area contributed by atoms with Crippen molar-refractivity contribution < 1.29 is 24.4 Å². The summed E-state index contributed by atoms with van der Waals surface area (Å²) in [4.78, 5) is 8.66. The lowest BCUT2D eigenvalue weighted by molar-refractivity contribution is -0.319. The summed E-state index contributed by atoms with van der Waals surface area (Å²) in [6.07, 6.45) is -0.640. The van der Waals surface area contributed by atoms with Crippen molar-refractivity contribution in [3.63, 3.8) is 0 Å². The van der Waals surface area contributed by atoms with Crippen LogP contribution in [0.15, 0.2) is 66.4 Å². The van der Waals surface area contributed by atoms with Crippen LogP contribution in [0.4, 0.5) is 0 Å². The van der Waals surface area contributed by atoms with Crippen molar-refractivity contribution in [3.8, 4) is 22.3 Å². The van der Waals surface area contributed by atoms with Crippen LogP contribution < -0.4 is 0 Å². The number of thiazole rings is 2. The van der Waals surface area contributed by atoms with Crippen LogP contribution in [0.1, 0.15) is 34.8 Å². The SMILES string of the molecule is Cc1nc2ccc(-n3cnnc3[C@@H]3O[C@@H]4COC(c5ccccc5)O[C@@H]4[C@H](n4cc(-c5csc(O)n5)nn4)[C@H]3O)cc2s1. The molecule has 0 aliphatic carbocycles. The van der Waals surface area contributed by atoms with Crippen LogP contribution in [-0.4, -0.2) is 74.9 Å². The van der Waals surface area contributed by atoms with E-state index < -0.39 is 36.7 Å². The van der Waals surface area contributed by atoms with Gasteiger partial charge in [-0.3, -0.25) is 4.57 Å². The van der Waals surface area contributed by atoms with Crippen molar-refractivity contribution in [2.75, 3.05) is 6.61 Å². The number of fused-ring (bicyclic) bond motifs is 2. The number of aryl methyl sites for hydroxylation is 1. The number of aromatic nitrogens is 8. The second-order valence-electron chi connectivity index (χ2n) is 10.3. The van der Waals surface area contributed by atoms with Crippen molar-refractivity contribution in [1.29, 1.82) is 0 Å². The summed E-state index contributed by atoms with van der Waals surface area (Å²) in [5.41, 5.74) is 3.51. The van der Waals surface area contributed by atoms with Crippen LogP contribution in [0.25, 0.3) is 27.3 Å². The quantitative estimate of drug-likeness (QED) is 0.291. The van der Waals surface area contributed by atoms with Crippen LogP contribution >= 0.6 is 22.7 Å². The maximum atomic E-state index is 12.0. The molecule has 6 aromatic rings. The van der Waals surface area contributed by atoms with Crippen molar-refractivity contribution >= 4 is 32.9 Å². The molecule has 0 saturated carbocycles. The van der Waals surface area contributed by atoms with Gasteiger partial charge in [0.1, 0.15) is 48.2 Å². The third-order valence-electron chi connectivity index (χ3n) is 7.60. The van der Waals surface area contributed by atoms with Gasteiger partial charge in [-0.15, -0.1) is 26.6 Å². The smallest absolute Gasteiger partial charge is 0.271 e. The van der Waals surface area contributed by atoms with E-state index in [1.807, 2.05) is 60.0 Å². The van der Waals surface area contributed by atoms with Crippen molar-refractivity contribution in [3.05, 3.63) is 82.8 Å².